The molecule has 0 saturated carbocycles. The zero-order valence-electron chi connectivity index (χ0n) is 36.2. The molecule has 306 valence electrons. The number of hydrogen-bond donors (Lipinski definition) is 0. The van der Waals surface area contributed by atoms with E-state index in [4.69, 9.17) is 19.9 Å². The predicted octanol–water partition coefficient (Wildman–Crippen LogP) is 13.6. The summed E-state index contributed by atoms with van der Waals surface area (Å²) in [7, 11) is 0. The molecule has 6 heteroatoms. The first-order valence-corrected chi connectivity index (χ1v) is 22.1. The van der Waals surface area contributed by atoms with Crippen LogP contribution >= 0.6 is 0 Å². The maximum Gasteiger partial charge on any atom is 0.162 e. The summed E-state index contributed by atoms with van der Waals surface area (Å²) in [5, 5.41) is 0.984. The average molecular weight is 825 g/mol. The summed E-state index contributed by atoms with van der Waals surface area (Å²) in [6.07, 6.45) is 17.0. The molecule has 0 N–H and O–H groups in total. The van der Waals surface area contributed by atoms with Gasteiger partial charge in [-0.3, -0.25) is 19.9 Å². The smallest absolute Gasteiger partial charge is 0.162 e. The molecular weight excluding hydrogens is 781 g/mol. The third-order valence-electron chi connectivity index (χ3n) is 13.9. The number of nitrogens with zero attached hydrogens (tertiary/aromatic N) is 6. The number of benzene rings is 4. The second-order valence-electron chi connectivity index (χ2n) is 18.3. The Morgan fingerprint density at radius 3 is 1.81 bits per heavy atom. The number of fused-ring (bicyclic) bond motifs is 7. The van der Waals surface area contributed by atoms with E-state index >= 15 is 0 Å². The highest BCUT2D eigenvalue weighted by Gasteiger charge is 2.40. The van der Waals surface area contributed by atoms with Gasteiger partial charge in [-0.05, 0) is 129 Å². The van der Waals surface area contributed by atoms with Crippen LogP contribution in [0.25, 0.3) is 83.9 Å². The normalized spacial score (nSPS) is 16.3. The van der Waals surface area contributed by atoms with Crippen LogP contribution in [0.4, 0.5) is 0 Å². The van der Waals surface area contributed by atoms with Crippen molar-refractivity contribution in [1.29, 1.82) is 0 Å². The largest absolute Gasteiger partial charge is 0.264 e. The van der Waals surface area contributed by atoms with Crippen LogP contribution in [0.3, 0.4) is 0 Å². The van der Waals surface area contributed by atoms with Crippen LogP contribution in [0.1, 0.15) is 67.9 Å². The first-order chi connectivity index (χ1) is 31.2. The van der Waals surface area contributed by atoms with Gasteiger partial charge in [0.1, 0.15) is 0 Å². The van der Waals surface area contributed by atoms with Crippen LogP contribution in [0.5, 0.6) is 0 Å². The van der Waals surface area contributed by atoms with Gasteiger partial charge in [0, 0.05) is 87.1 Å². The fraction of sp³-hybridized carbons (Fsp3) is 0.138. The standard InChI is InChI=1S/C58H44N6/c1-57(2)48-15-7-5-13-42(48)44-21-17-35(29-50(44)57)41-27-46(36-18-22-45-43-14-6-8-16-49(43)58(3,4)51(45)30-36)55-47(28-41)54(39-19-23-52(61-33-39)37-11-9-25-59-31-37)63-56(64-55)40-20-24-53(62-34-40)38-12-10-26-60-32-38/h5-16,18-35H,17H2,1-4H3. The molecule has 0 amide bonds. The quantitative estimate of drug-likeness (QED) is 0.166. The molecule has 0 radical (unpaired) electrons. The van der Waals surface area contributed by atoms with Gasteiger partial charge in [0.2, 0.25) is 0 Å². The number of aromatic nitrogens is 6. The minimum atomic E-state index is -0.165. The maximum atomic E-state index is 5.52. The van der Waals surface area contributed by atoms with E-state index in [9.17, 15) is 0 Å². The lowest BCUT2D eigenvalue weighted by molar-refractivity contribution is 0.648. The van der Waals surface area contributed by atoms with Gasteiger partial charge < -0.3 is 0 Å². The van der Waals surface area contributed by atoms with Crippen LogP contribution in [-0.2, 0) is 10.8 Å². The van der Waals surface area contributed by atoms with E-state index in [1.807, 2.05) is 55.1 Å². The molecule has 5 aromatic heterocycles. The molecule has 0 saturated heterocycles. The molecule has 4 aromatic carbocycles. The van der Waals surface area contributed by atoms with E-state index in [2.05, 4.69) is 147 Å². The Hall–Kier alpha value is -7.70. The molecule has 0 bridgehead atoms. The van der Waals surface area contributed by atoms with Crippen molar-refractivity contribution < 1.29 is 0 Å². The van der Waals surface area contributed by atoms with Crippen LogP contribution in [0, 0.1) is 0 Å². The van der Waals surface area contributed by atoms with Crippen molar-refractivity contribution in [1.82, 2.24) is 29.9 Å². The fourth-order valence-corrected chi connectivity index (χ4v) is 10.5. The van der Waals surface area contributed by atoms with Crippen molar-refractivity contribution in [2.75, 3.05) is 0 Å². The molecule has 1 unspecified atom stereocenters. The Balaban J connectivity index is 1.09. The molecule has 1 atom stereocenters. The van der Waals surface area contributed by atoms with Crippen molar-refractivity contribution in [2.24, 2.45) is 0 Å². The van der Waals surface area contributed by atoms with Gasteiger partial charge in [-0.2, -0.15) is 0 Å². The van der Waals surface area contributed by atoms with Crippen LogP contribution < -0.4 is 0 Å². The first kappa shape index (κ1) is 38.0. The van der Waals surface area contributed by atoms with E-state index in [1.54, 1.807) is 12.4 Å². The highest BCUT2D eigenvalue weighted by Crippen LogP contribution is 2.54. The molecule has 6 nitrogen and oxygen atoms in total. The summed E-state index contributed by atoms with van der Waals surface area (Å²) in [6.45, 7) is 9.42. The Labute approximate surface area is 373 Å². The van der Waals surface area contributed by atoms with E-state index in [-0.39, 0.29) is 16.7 Å². The Morgan fingerprint density at radius 1 is 0.500 bits per heavy atom. The fourth-order valence-electron chi connectivity index (χ4n) is 10.5. The molecule has 12 rings (SSSR count). The summed E-state index contributed by atoms with van der Waals surface area (Å²) in [6, 6.07) is 45.7. The van der Waals surface area contributed by atoms with Gasteiger partial charge in [0.25, 0.3) is 0 Å². The number of pyridine rings is 4. The lowest BCUT2D eigenvalue weighted by Gasteiger charge is -2.27. The molecule has 9 aromatic rings. The van der Waals surface area contributed by atoms with Gasteiger partial charge in [-0.1, -0.05) is 101 Å². The van der Waals surface area contributed by atoms with Gasteiger partial charge in [-0.25, -0.2) is 9.97 Å². The molecule has 3 aliphatic rings. The summed E-state index contributed by atoms with van der Waals surface area (Å²) in [4.78, 5) is 29.5. The Bertz CT molecular complexity index is 3380. The van der Waals surface area contributed by atoms with E-state index in [0.717, 1.165) is 67.8 Å². The number of allylic oxidation sites excluding steroid dienone is 4. The molecule has 5 heterocycles. The average Bonchev–Trinajstić information content (AvgIpc) is 3.72. The van der Waals surface area contributed by atoms with Crippen molar-refractivity contribution >= 4 is 16.5 Å². The van der Waals surface area contributed by atoms with Gasteiger partial charge in [0.05, 0.1) is 22.6 Å². The highest BCUT2D eigenvalue weighted by molar-refractivity contribution is 6.03. The third-order valence-corrected chi connectivity index (χ3v) is 13.9. The lowest BCUT2D eigenvalue weighted by Crippen LogP contribution is -2.17. The molecule has 0 fully saturated rings. The second kappa shape index (κ2) is 14.4. The highest BCUT2D eigenvalue weighted by atomic mass is 14.9. The van der Waals surface area contributed by atoms with Crippen molar-refractivity contribution in [2.45, 2.75) is 50.9 Å². The molecule has 0 aliphatic heterocycles. The van der Waals surface area contributed by atoms with E-state index in [0.29, 0.717) is 5.82 Å². The van der Waals surface area contributed by atoms with Gasteiger partial charge >= 0.3 is 0 Å². The lowest BCUT2D eigenvalue weighted by atomic mass is 9.76. The molecule has 0 spiro atoms. The molecular formula is C58H44N6. The minimum Gasteiger partial charge on any atom is -0.264 e. The zero-order chi connectivity index (χ0) is 43.2. The van der Waals surface area contributed by atoms with Crippen LogP contribution in [-0.4, -0.2) is 29.9 Å². The Kier molecular flexibility index (Phi) is 8.57. The van der Waals surface area contributed by atoms with Gasteiger partial charge in [-0.15, -0.1) is 0 Å². The van der Waals surface area contributed by atoms with E-state index in [1.165, 1.54) is 50.1 Å². The third kappa shape index (κ3) is 6.00. The van der Waals surface area contributed by atoms with Gasteiger partial charge in [0.15, 0.2) is 5.82 Å². The summed E-state index contributed by atoms with van der Waals surface area (Å²) >= 11 is 0. The van der Waals surface area contributed by atoms with E-state index < -0.39 is 0 Å². The zero-order valence-corrected chi connectivity index (χ0v) is 36.2. The minimum absolute atomic E-state index is 0.104. The van der Waals surface area contributed by atoms with Crippen LogP contribution in [0.15, 0.2) is 182 Å². The van der Waals surface area contributed by atoms with Crippen molar-refractivity contribution in [3.8, 4) is 67.4 Å². The monoisotopic (exact) mass is 824 g/mol. The molecule has 64 heavy (non-hydrogen) atoms. The molecule has 3 aliphatic carbocycles. The first-order valence-electron chi connectivity index (χ1n) is 22.1. The number of rotatable bonds is 6. The predicted molar refractivity (Wildman–Crippen MR) is 258 cm³/mol. The summed E-state index contributed by atoms with van der Waals surface area (Å²) in [5.41, 5.74) is 21.0. The summed E-state index contributed by atoms with van der Waals surface area (Å²) < 4.78 is 0. The maximum absolute atomic E-state index is 5.52. The number of hydrogen-bond acceptors (Lipinski definition) is 6. The summed E-state index contributed by atoms with van der Waals surface area (Å²) in [5.74, 6) is 0.748. The van der Waals surface area contributed by atoms with Crippen LogP contribution in [0.2, 0.25) is 0 Å². The van der Waals surface area contributed by atoms with Crippen molar-refractivity contribution in [3.63, 3.8) is 0 Å². The topological polar surface area (TPSA) is 77.3 Å². The van der Waals surface area contributed by atoms with Crippen molar-refractivity contribution in [3.05, 3.63) is 210 Å². The Morgan fingerprint density at radius 2 is 1.14 bits per heavy atom. The SMILES string of the molecule is CC1(C)C2=CC(c3cc(-c4ccc5c(c4)C(C)(C)c4ccccc4-5)c4nc(-c5ccc(-c6cccnc6)nc5)nc(-c5ccc(-c6cccnc6)nc5)c4c3)CC=C2c2ccccc21. The second-order valence-corrected chi connectivity index (χ2v) is 18.3.